The molecule has 2 aromatic carbocycles. The molecule has 0 aliphatic heterocycles. The van der Waals surface area contributed by atoms with Gasteiger partial charge in [0.15, 0.2) is 0 Å². The molecular weight excluding hydrogens is 208 g/mol. The van der Waals surface area contributed by atoms with E-state index in [1.165, 1.54) is 16.7 Å². The van der Waals surface area contributed by atoms with Crippen LogP contribution in [0.2, 0.25) is 0 Å². The molecular formula is C16H18O. The molecule has 0 bridgehead atoms. The molecule has 1 nitrogen and oxygen atoms in total. The van der Waals surface area contributed by atoms with E-state index in [1.807, 2.05) is 37.3 Å². The molecule has 2 aromatic rings. The molecule has 2 rings (SSSR count). The lowest BCUT2D eigenvalue weighted by Crippen LogP contribution is -2.09. The van der Waals surface area contributed by atoms with Gasteiger partial charge in [-0.15, -0.1) is 0 Å². The van der Waals surface area contributed by atoms with E-state index >= 15 is 0 Å². The normalized spacial score (nSPS) is 12.4. The largest absolute Gasteiger partial charge is 0.393 e. The molecule has 1 atom stereocenters. The standard InChI is InChI=1S/C16H18O/c1-2-15(17)12-14-10-6-7-11-16(14)13-8-4-3-5-9-13/h3-11,15,17H,2,12H2,1H3. The van der Waals surface area contributed by atoms with Crippen LogP contribution in [0.4, 0.5) is 0 Å². The van der Waals surface area contributed by atoms with E-state index in [1.54, 1.807) is 0 Å². The highest BCUT2D eigenvalue weighted by Crippen LogP contribution is 2.24. The summed E-state index contributed by atoms with van der Waals surface area (Å²) in [6.07, 6.45) is 1.27. The van der Waals surface area contributed by atoms with Crippen molar-refractivity contribution in [1.82, 2.24) is 0 Å². The van der Waals surface area contributed by atoms with Gasteiger partial charge in [0.05, 0.1) is 6.10 Å². The van der Waals surface area contributed by atoms with Gasteiger partial charge in [-0.2, -0.15) is 0 Å². The monoisotopic (exact) mass is 226 g/mol. The fourth-order valence-corrected chi connectivity index (χ4v) is 2.00. The molecule has 1 N–H and O–H groups in total. The summed E-state index contributed by atoms with van der Waals surface area (Å²) in [5.74, 6) is 0. The Bertz CT molecular complexity index is 462. The maximum absolute atomic E-state index is 9.78. The van der Waals surface area contributed by atoms with Crippen molar-refractivity contribution in [2.24, 2.45) is 0 Å². The number of aliphatic hydroxyl groups excluding tert-OH is 1. The van der Waals surface area contributed by atoms with Crippen molar-refractivity contribution in [1.29, 1.82) is 0 Å². The summed E-state index contributed by atoms with van der Waals surface area (Å²) >= 11 is 0. The van der Waals surface area contributed by atoms with Crippen molar-refractivity contribution in [2.45, 2.75) is 25.9 Å². The first-order valence-electron chi connectivity index (χ1n) is 6.12. The van der Waals surface area contributed by atoms with Gasteiger partial charge in [-0.3, -0.25) is 0 Å². The van der Waals surface area contributed by atoms with Crippen LogP contribution < -0.4 is 0 Å². The minimum atomic E-state index is -0.250. The Morgan fingerprint density at radius 2 is 1.59 bits per heavy atom. The molecule has 0 fully saturated rings. The molecule has 0 spiro atoms. The highest BCUT2D eigenvalue weighted by Gasteiger charge is 2.08. The highest BCUT2D eigenvalue weighted by atomic mass is 16.3. The molecule has 1 unspecified atom stereocenters. The fourth-order valence-electron chi connectivity index (χ4n) is 2.00. The number of rotatable bonds is 4. The fraction of sp³-hybridized carbons (Fsp3) is 0.250. The molecule has 0 saturated carbocycles. The van der Waals surface area contributed by atoms with Gasteiger partial charge in [0.2, 0.25) is 0 Å². The van der Waals surface area contributed by atoms with Crippen LogP contribution in [0.15, 0.2) is 54.6 Å². The molecule has 0 saturated heterocycles. The van der Waals surface area contributed by atoms with Gasteiger partial charge in [-0.25, -0.2) is 0 Å². The summed E-state index contributed by atoms with van der Waals surface area (Å²) in [5.41, 5.74) is 3.65. The van der Waals surface area contributed by atoms with Gasteiger partial charge in [0.1, 0.15) is 0 Å². The van der Waals surface area contributed by atoms with Crippen LogP contribution in [0.1, 0.15) is 18.9 Å². The van der Waals surface area contributed by atoms with Gasteiger partial charge >= 0.3 is 0 Å². The van der Waals surface area contributed by atoms with Gasteiger partial charge in [0.25, 0.3) is 0 Å². The van der Waals surface area contributed by atoms with E-state index in [2.05, 4.69) is 24.3 Å². The molecule has 1 heteroatoms. The predicted molar refractivity (Wildman–Crippen MR) is 71.9 cm³/mol. The van der Waals surface area contributed by atoms with Crippen LogP contribution in [0.3, 0.4) is 0 Å². The molecule has 0 heterocycles. The third-order valence-electron chi connectivity index (χ3n) is 3.03. The maximum atomic E-state index is 9.78. The van der Waals surface area contributed by atoms with E-state index in [-0.39, 0.29) is 6.10 Å². The van der Waals surface area contributed by atoms with Crippen LogP contribution in [0.25, 0.3) is 11.1 Å². The van der Waals surface area contributed by atoms with Gasteiger partial charge < -0.3 is 5.11 Å². The topological polar surface area (TPSA) is 20.2 Å². The van der Waals surface area contributed by atoms with Gasteiger partial charge in [-0.1, -0.05) is 61.5 Å². The molecule has 0 aromatic heterocycles. The molecule has 0 aliphatic rings. The van der Waals surface area contributed by atoms with E-state index in [0.717, 1.165) is 12.8 Å². The minimum absolute atomic E-state index is 0.250. The second kappa shape index (κ2) is 5.65. The Morgan fingerprint density at radius 1 is 0.941 bits per heavy atom. The Balaban J connectivity index is 2.34. The lowest BCUT2D eigenvalue weighted by Gasteiger charge is -2.12. The second-order valence-electron chi connectivity index (χ2n) is 4.29. The number of hydrogen-bond donors (Lipinski definition) is 1. The first-order valence-corrected chi connectivity index (χ1v) is 6.12. The van der Waals surface area contributed by atoms with E-state index in [4.69, 9.17) is 0 Å². The summed E-state index contributed by atoms with van der Waals surface area (Å²) in [6.45, 7) is 2.01. The summed E-state index contributed by atoms with van der Waals surface area (Å²) in [5, 5.41) is 9.78. The third-order valence-corrected chi connectivity index (χ3v) is 3.03. The van der Waals surface area contributed by atoms with Crippen molar-refractivity contribution in [3.8, 4) is 11.1 Å². The average molecular weight is 226 g/mol. The average Bonchev–Trinajstić information content (AvgIpc) is 2.40. The van der Waals surface area contributed by atoms with Crippen LogP contribution in [0, 0.1) is 0 Å². The third kappa shape index (κ3) is 2.95. The van der Waals surface area contributed by atoms with Crippen molar-refractivity contribution < 1.29 is 5.11 Å². The SMILES string of the molecule is CCC(O)Cc1ccccc1-c1ccccc1. The molecule has 88 valence electrons. The van der Waals surface area contributed by atoms with Crippen molar-refractivity contribution in [3.63, 3.8) is 0 Å². The Kier molecular flexibility index (Phi) is 3.94. The van der Waals surface area contributed by atoms with E-state index < -0.39 is 0 Å². The molecule has 0 aliphatic carbocycles. The molecule has 0 radical (unpaired) electrons. The van der Waals surface area contributed by atoms with Crippen molar-refractivity contribution in [2.75, 3.05) is 0 Å². The lowest BCUT2D eigenvalue weighted by molar-refractivity contribution is 0.171. The Hall–Kier alpha value is -1.60. The Labute approximate surface area is 103 Å². The van der Waals surface area contributed by atoms with Crippen molar-refractivity contribution >= 4 is 0 Å². The smallest absolute Gasteiger partial charge is 0.0578 e. The van der Waals surface area contributed by atoms with Gasteiger partial charge in [-0.05, 0) is 29.5 Å². The highest BCUT2D eigenvalue weighted by molar-refractivity contribution is 5.67. The summed E-state index contributed by atoms with van der Waals surface area (Å²) in [4.78, 5) is 0. The first kappa shape index (κ1) is 11.9. The number of hydrogen-bond acceptors (Lipinski definition) is 1. The van der Waals surface area contributed by atoms with Gasteiger partial charge in [0, 0.05) is 0 Å². The zero-order valence-electron chi connectivity index (χ0n) is 10.1. The molecule has 17 heavy (non-hydrogen) atoms. The summed E-state index contributed by atoms with van der Waals surface area (Å²) in [7, 11) is 0. The number of benzene rings is 2. The zero-order valence-corrected chi connectivity index (χ0v) is 10.1. The maximum Gasteiger partial charge on any atom is 0.0578 e. The van der Waals surface area contributed by atoms with Crippen molar-refractivity contribution in [3.05, 3.63) is 60.2 Å². The zero-order chi connectivity index (χ0) is 12.1. The van der Waals surface area contributed by atoms with Crippen LogP contribution in [0.5, 0.6) is 0 Å². The lowest BCUT2D eigenvalue weighted by atomic mass is 9.95. The summed E-state index contributed by atoms with van der Waals surface area (Å²) in [6, 6.07) is 18.6. The summed E-state index contributed by atoms with van der Waals surface area (Å²) < 4.78 is 0. The Morgan fingerprint density at radius 3 is 2.29 bits per heavy atom. The van der Waals surface area contributed by atoms with E-state index in [0.29, 0.717) is 0 Å². The second-order valence-corrected chi connectivity index (χ2v) is 4.29. The first-order chi connectivity index (χ1) is 8.31. The molecule has 0 amide bonds. The van der Waals surface area contributed by atoms with E-state index in [9.17, 15) is 5.11 Å². The number of aliphatic hydroxyl groups is 1. The van der Waals surface area contributed by atoms with Crippen LogP contribution in [-0.2, 0) is 6.42 Å². The predicted octanol–water partition coefficient (Wildman–Crippen LogP) is 3.67. The minimum Gasteiger partial charge on any atom is -0.393 e. The van der Waals surface area contributed by atoms with Crippen LogP contribution >= 0.6 is 0 Å². The quantitative estimate of drug-likeness (QED) is 0.843. The van der Waals surface area contributed by atoms with Crippen LogP contribution in [-0.4, -0.2) is 11.2 Å².